The molecule has 0 spiro atoms. The molecule has 6 heteroatoms. The summed E-state index contributed by atoms with van der Waals surface area (Å²) in [5.74, 6) is 0. The molecule has 0 radical (unpaired) electrons. The van der Waals surface area contributed by atoms with Gasteiger partial charge in [-0.2, -0.15) is 0 Å². The highest BCUT2D eigenvalue weighted by atomic mass is 16.4. The van der Waals surface area contributed by atoms with E-state index in [1.54, 1.807) is 0 Å². The van der Waals surface area contributed by atoms with Crippen molar-refractivity contribution in [3.8, 4) is 0 Å². The lowest BCUT2D eigenvalue weighted by Crippen LogP contribution is -2.46. The Labute approximate surface area is 74.7 Å². The van der Waals surface area contributed by atoms with Crippen LogP contribution in [0.15, 0.2) is 0 Å². The van der Waals surface area contributed by atoms with Crippen molar-refractivity contribution in [2.45, 2.75) is 29.8 Å². The topological polar surface area (TPSA) is 121 Å². The van der Waals surface area contributed by atoms with Crippen LogP contribution < -0.4 is 0 Å². The lowest BCUT2D eigenvalue weighted by Gasteiger charge is -2.23. The molecule has 0 bridgehead atoms. The number of aliphatic hydroxyl groups is 6. The summed E-state index contributed by atoms with van der Waals surface area (Å²) in [5.41, 5.74) is -3.90. The molecule has 0 aromatic rings. The van der Waals surface area contributed by atoms with Crippen molar-refractivity contribution < 1.29 is 30.6 Å². The van der Waals surface area contributed by atoms with Gasteiger partial charge in [-0.25, -0.2) is 0 Å². The molecule has 78 valence electrons. The summed E-state index contributed by atoms with van der Waals surface area (Å²) in [7, 11) is 0. The van der Waals surface area contributed by atoms with Crippen LogP contribution in [-0.4, -0.2) is 67.3 Å². The average Bonchev–Trinajstić information content (AvgIpc) is 2.30. The Morgan fingerprint density at radius 3 is 1.38 bits per heavy atom. The minimum Gasteiger partial charge on any atom is -0.393 e. The molecule has 1 saturated carbocycles. The number of rotatable bonds is 2. The molecule has 4 atom stereocenters. The van der Waals surface area contributed by atoms with Crippen LogP contribution in [-0.2, 0) is 0 Å². The summed E-state index contributed by atoms with van der Waals surface area (Å²) in [6, 6.07) is 0. The van der Waals surface area contributed by atoms with Gasteiger partial charge in [0.2, 0.25) is 0 Å². The number of aliphatic hydroxyl groups excluding tert-OH is 4. The van der Waals surface area contributed by atoms with E-state index < -0.39 is 43.0 Å². The van der Waals surface area contributed by atoms with Gasteiger partial charge in [0, 0.05) is 6.42 Å². The molecule has 0 amide bonds. The zero-order valence-corrected chi connectivity index (χ0v) is 6.96. The van der Waals surface area contributed by atoms with Gasteiger partial charge in [-0.05, 0) is 0 Å². The van der Waals surface area contributed by atoms with Crippen LogP contribution in [0.25, 0.3) is 0 Å². The minimum atomic E-state index is -1.95. The van der Waals surface area contributed by atoms with Gasteiger partial charge in [0.05, 0.1) is 13.2 Å². The Bertz CT molecular complexity index is 177. The Balaban J connectivity index is 2.90. The van der Waals surface area contributed by atoms with E-state index in [1.165, 1.54) is 0 Å². The molecular formula is C7H14O6. The first-order chi connectivity index (χ1) is 5.89. The van der Waals surface area contributed by atoms with Gasteiger partial charge >= 0.3 is 0 Å². The van der Waals surface area contributed by atoms with Crippen molar-refractivity contribution in [2.24, 2.45) is 0 Å². The van der Waals surface area contributed by atoms with E-state index in [0.29, 0.717) is 0 Å². The van der Waals surface area contributed by atoms with E-state index in [1.807, 2.05) is 0 Å². The number of hydrogen-bond donors (Lipinski definition) is 6. The fourth-order valence-corrected chi connectivity index (χ4v) is 1.63. The van der Waals surface area contributed by atoms with Crippen molar-refractivity contribution in [1.82, 2.24) is 0 Å². The summed E-state index contributed by atoms with van der Waals surface area (Å²) in [4.78, 5) is 0. The normalized spacial score (nSPS) is 51.2. The van der Waals surface area contributed by atoms with E-state index in [9.17, 15) is 20.4 Å². The zero-order valence-electron chi connectivity index (χ0n) is 6.96. The Morgan fingerprint density at radius 1 is 0.923 bits per heavy atom. The highest BCUT2D eigenvalue weighted by Gasteiger charge is 2.59. The van der Waals surface area contributed by atoms with Gasteiger partial charge in [0.1, 0.15) is 23.4 Å². The molecule has 0 unspecified atom stereocenters. The van der Waals surface area contributed by atoms with E-state index in [4.69, 9.17) is 10.2 Å². The second kappa shape index (κ2) is 3.16. The first kappa shape index (κ1) is 10.8. The molecule has 0 saturated heterocycles. The van der Waals surface area contributed by atoms with Gasteiger partial charge in [-0.1, -0.05) is 0 Å². The van der Waals surface area contributed by atoms with Gasteiger partial charge in [0.15, 0.2) is 0 Å². The van der Waals surface area contributed by atoms with Gasteiger partial charge in [-0.3, -0.25) is 0 Å². The molecule has 13 heavy (non-hydrogen) atoms. The van der Waals surface area contributed by atoms with Crippen molar-refractivity contribution >= 4 is 0 Å². The largest absolute Gasteiger partial charge is 0.393 e. The molecule has 0 aromatic carbocycles. The van der Waals surface area contributed by atoms with Crippen LogP contribution in [0.5, 0.6) is 0 Å². The van der Waals surface area contributed by atoms with Crippen molar-refractivity contribution in [3.63, 3.8) is 0 Å². The van der Waals surface area contributed by atoms with Crippen LogP contribution in [0.2, 0.25) is 0 Å². The number of hydrogen-bond acceptors (Lipinski definition) is 6. The predicted octanol–water partition coefficient (Wildman–Crippen LogP) is -3.44. The third-order valence-electron chi connectivity index (χ3n) is 2.56. The summed E-state index contributed by atoms with van der Waals surface area (Å²) < 4.78 is 0. The van der Waals surface area contributed by atoms with Crippen LogP contribution in [0.3, 0.4) is 0 Å². The molecule has 1 fully saturated rings. The first-order valence-electron chi connectivity index (χ1n) is 3.92. The quantitative estimate of drug-likeness (QED) is 0.272. The minimum absolute atomic E-state index is 0.463. The summed E-state index contributed by atoms with van der Waals surface area (Å²) in [6.45, 7) is -1.57. The van der Waals surface area contributed by atoms with Crippen LogP contribution in [0.1, 0.15) is 6.42 Å². The standard InChI is InChI=1S/C7H14O6/c8-2-6(12)1-7(13,3-9)5(11)4(6)10/h4-5,8-13H,1-3H2/t4-,5-,6+,7+/m0/s1. The van der Waals surface area contributed by atoms with Crippen molar-refractivity contribution in [3.05, 3.63) is 0 Å². The molecule has 0 aromatic heterocycles. The van der Waals surface area contributed by atoms with Gasteiger partial charge in [0.25, 0.3) is 0 Å². The third-order valence-corrected chi connectivity index (χ3v) is 2.56. The maximum Gasteiger partial charge on any atom is 0.119 e. The fourth-order valence-electron chi connectivity index (χ4n) is 1.63. The molecule has 6 nitrogen and oxygen atoms in total. The fraction of sp³-hybridized carbons (Fsp3) is 1.00. The Morgan fingerprint density at radius 2 is 1.23 bits per heavy atom. The van der Waals surface area contributed by atoms with Gasteiger partial charge < -0.3 is 30.6 Å². The lowest BCUT2D eigenvalue weighted by atomic mass is 9.98. The SMILES string of the molecule is OC[C@]1(O)C[C@@](O)(CO)[C@@H](O)[C@@H]1O. The maximum atomic E-state index is 9.47. The molecule has 1 aliphatic rings. The van der Waals surface area contributed by atoms with E-state index in [0.717, 1.165) is 0 Å². The summed E-state index contributed by atoms with van der Waals surface area (Å²) in [5, 5.41) is 54.9. The van der Waals surface area contributed by atoms with E-state index in [2.05, 4.69) is 0 Å². The van der Waals surface area contributed by atoms with Crippen LogP contribution in [0, 0.1) is 0 Å². The molecule has 0 heterocycles. The molecule has 6 N–H and O–H groups in total. The lowest BCUT2D eigenvalue weighted by molar-refractivity contribution is -0.123. The Kier molecular flexibility index (Phi) is 2.63. The molecule has 1 aliphatic carbocycles. The third kappa shape index (κ3) is 1.45. The summed E-state index contributed by atoms with van der Waals surface area (Å²) >= 11 is 0. The first-order valence-corrected chi connectivity index (χ1v) is 3.92. The molecule has 0 aliphatic heterocycles. The second-order valence-corrected chi connectivity index (χ2v) is 3.59. The smallest absolute Gasteiger partial charge is 0.119 e. The monoisotopic (exact) mass is 194 g/mol. The maximum absolute atomic E-state index is 9.47. The molecular weight excluding hydrogens is 180 g/mol. The van der Waals surface area contributed by atoms with Crippen LogP contribution >= 0.6 is 0 Å². The van der Waals surface area contributed by atoms with Crippen LogP contribution in [0.4, 0.5) is 0 Å². The van der Waals surface area contributed by atoms with E-state index in [-0.39, 0.29) is 0 Å². The van der Waals surface area contributed by atoms with E-state index >= 15 is 0 Å². The Hall–Kier alpha value is -0.240. The predicted molar refractivity (Wildman–Crippen MR) is 40.7 cm³/mol. The highest BCUT2D eigenvalue weighted by Crippen LogP contribution is 2.37. The highest BCUT2D eigenvalue weighted by molar-refractivity contribution is 5.10. The average molecular weight is 194 g/mol. The zero-order chi connectivity index (χ0) is 10.3. The molecule has 1 rings (SSSR count). The summed E-state index contributed by atoms with van der Waals surface area (Å²) in [6.07, 6.45) is -3.78. The van der Waals surface area contributed by atoms with Gasteiger partial charge in [-0.15, -0.1) is 0 Å². The van der Waals surface area contributed by atoms with Crippen molar-refractivity contribution in [1.29, 1.82) is 0 Å². The second-order valence-electron chi connectivity index (χ2n) is 3.59. The van der Waals surface area contributed by atoms with Crippen molar-refractivity contribution in [2.75, 3.05) is 13.2 Å².